The summed E-state index contributed by atoms with van der Waals surface area (Å²) in [5.74, 6) is 0.415. The monoisotopic (exact) mass is 282 g/mol. The number of hydrogen-bond donors (Lipinski definition) is 0. The third kappa shape index (κ3) is 3.24. The van der Waals surface area contributed by atoms with Gasteiger partial charge in [-0.3, -0.25) is 0 Å². The number of carbonyl (C=O) groups excluding carboxylic acids is 1. The predicted octanol–water partition coefficient (Wildman–Crippen LogP) is 3.77. The van der Waals surface area contributed by atoms with Crippen molar-refractivity contribution in [3.8, 4) is 5.75 Å². The highest BCUT2D eigenvalue weighted by Crippen LogP contribution is 2.22. The van der Waals surface area contributed by atoms with Gasteiger partial charge in [0, 0.05) is 0 Å². The van der Waals surface area contributed by atoms with E-state index in [1.165, 1.54) is 11.3 Å². The number of hydrogen-bond acceptors (Lipinski definition) is 4. The van der Waals surface area contributed by atoms with Crippen LogP contribution in [0.15, 0.2) is 36.4 Å². The zero-order valence-corrected chi connectivity index (χ0v) is 11.3. The van der Waals surface area contributed by atoms with Gasteiger partial charge >= 0.3 is 5.97 Å². The van der Waals surface area contributed by atoms with Crippen LogP contribution in [0.4, 0.5) is 0 Å². The van der Waals surface area contributed by atoms with Crippen molar-refractivity contribution < 1.29 is 14.3 Å². The molecule has 0 bridgehead atoms. The summed E-state index contributed by atoms with van der Waals surface area (Å²) in [5.41, 5.74) is 0.909. The largest absolute Gasteiger partial charge is 0.497 e. The number of methoxy groups -OCH3 is 1. The van der Waals surface area contributed by atoms with Crippen LogP contribution in [0, 0.1) is 0 Å². The van der Waals surface area contributed by atoms with Gasteiger partial charge in [0.25, 0.3) is 0 Å². The van der Waals surface area contributed by atoms with E-state index in [1.54, 1.807) is 19.2 Å². The molecule has 0 N–H and O–H groups in total. The van der Waals surface area contributed by atoms with Gasteiger partial charge in [-0.15, -0.1) is 11.3 Å². The highest BCUT2D eigenvalue weighted by molar-refractivity contribution is 7.17. The van der Waals surface area contributed by atoms with Crippen molar-refractivity contribution in [3.05, 3.63) is 51.2 Å². The molecule has 2 rings (SSSR count). The first-order chi connectivity index (χ1) is 8.69. The maximum atomic E-state index is 11.7. The Balaban J connectivity index is 1.92. The van der Waals surface area contributed by atoms with Gasteiger partial charge in [0.15, 0.2) is 0 Å². The number of benzene rings is 1. The lowest BCUT2D eigenvalue weighted by atomic mass is 10.2. The highest BCUT2D eigenvalue weighted by Gasteiger charge is 2.10. The smallest absolute Gasteiger partial charge is 0.348 e. The molecule has 0 aliphatic carbocycles. The van der Waals surface area contributed by atoms with Gasteiger partial charge < -0.3 is 9.47 Å². The molecule has 0 radical (unpaired) electrons. The summed E-state index contributed by atoms with van der Waals surface area (Å²) in [7, 11) is 1.61. The Bertz CT molecular complexity index is 533. The minimum absolute atomic E-state index is 0.234. The minimum atomic E-state index is -0.359. The topological polar surface area (TPSA) is 35.5 Å². The van der Waals surface area contributed by atoms with Crippen molar-refractivity contribution >= 4 is 28.9 Å². The van der Waals surface area contributed by atoms with Crippen LogP contribution in [0.25, 0.3) is 0 Å². The minimum Gasteiger partial charge on any atom is -0.497 e. The number of rotatable bonds is 4. The second-order valence-electron chi connectivity index (χ2n) is 3.53. The molecule has 0 aliphatic rings. The second-order valence-corrected chi connectivity index (χ2v) is 5.24. The Hall–Kier alpha value is -1.52. The van der Waals surface area contributed by atoms with E-state index >= 15 is 0 Å². The Morgan fingerprint density at radius 2 is 1.94 bits per heavy atom. The summed E-state index contributed by atoms with van der Waals surface area (Å²) < 4.78 is 10.8. The van der Waals surface area contributed by atoms with Gasteiger partial charge in [-0.05, 0) is 29.8 Å². The molecule has 0 atom stereocenters. The van der Waals surface area contributed by atoms with E-state index in [-0.39, 0.29) is 12.6 Å². The Morgan fingerprint density at radius 1 is 1.22 bits per heavy atom. The van der Waals surface area contributed by atoms with Crippen molar-refractivity contribution in [1.29, 1.82) is 0 Å². The first kappa shape index (κ1) is 12.9. The Labute approximate surface area is 114 Å². The normalized spacial score (nSPS) is 10.1. The van der Waals surface area contributed by atoms with E-state index < -0.39 is 0 Å². The van der Waals surface area contributed by atoms with Crippen LogP contribution in [-0.4, -0.2) is 13.1 Å². The van der Waals surface area contributed by atoms with Gasteiger partial charge in [0.1, 0.15) is 17.2 Å². The number of carbonyl (C=O) groups is 1. The van der Waals surface area contributed by atoms with E-state index in [2.05, 4.69) is 0 Å². The van der Waals surface area contributed by atoms with Gasteiger partial charge in [-0.2, -0.15) is 0 Å². The summed E-state index contributed by atoms with van der Waals surface area (Å²) in [4.78, 5) is 12.2. The van der Waals surface area contributed by atoms with E-state index in [0.717, 1.165) is 11.3 Å². The zero-order valence-electron chi connectivity index (χ0n) is 9.68. The Morgan fingerprint density at radius 3 is 2.50 bits per heavy atom. The number of halogens is 1. The molecule has 0 saturated heterocycles. The molecule has 94 valence electrons. The van der Waals surface area contributed by atoms with Gasteiger partial charge in [0.2, 0.25) is 0 Å². The molecular formula is C13H11ClO3S. The highest BCUT2D eigenvalue weighted by atomic mass is 35.5. The first-order valence-electron chi connectivity index (χ1n) is 5.24. The molecule has 18 heavy (non-hydrogen) atoms. The molecule has 1 aromatic carbocycles. The SMILES string of the molecule is COc1ccc(COC(=O)c2ccc(Cl)s2)cc1. The lowest BCUT2D eigenvalue weighted by molar-refractivity contribution is 0.0478. The molecule has 0 amide bonds. The van der Waals surface area contributed by atoms with Gasteiger partial charge in [0.05, 0.1) is 11.4 Å². The lowest BCUT2D eigenvalue weighted by Gasteiger charge is -2.04. The first-order valence-corrected chi connectivity index (χ1v) is 6.44. The van der Waals surface area contributed by atoms with Crippen molar-refractivity contribution in [1.82, 2.24) is 0 Å². The van der Waals surface area contributed by atoms with E-state index in [9.17, 15) is 4.79 Å². The zero-order chi connectivity index (χ0) is 13.0. The van der Waals surface area contributed by atoms with Crippen LogP contribution in [-0.2, 0) is 11.3 Å². The van der Waals surface area contributed by atoms with Crippen LogP contribution in [0.3, 0.4) is 0 Å². The average molecular weight is 283 g/mol. The van der Waals surface area contributed by atoms with Crippen LogP contribution >= 0.6 is 22.9 Å². The van der Waals surface area contributed by atoms with Gasteiger partial charge in [-0.1, -0.05) is 23.7 Å². The number of esters is 1. The fraction of sp³-hybridized carbons (Fsp3) is 0.154. The van der Waals surface area contributed by atoms with E-state index in [0.29, 0.717) is 9.21 Å². The van der Waals surface area contributed by atoms with E-state index in [1.807, 2.05) is 24.3 Å². The van der Waals surface area contributed by atoms with Crippen LogP contribution in [0.1, 0.15) is 15.2 Å². The number of ether oxygens (including phenoxy) is 2. The van der Waals surface area contributed by atoms with Crippen molar-refractivity contribution in [2.75, 3.05) is 7.11 Å². The molecule has 0 fully saturated rings. The average Bonchev–Trinajstić information content (AvgIpc) is 2.83. The van der Waals surface area contributed by atoms with Crippen molar-refractivity contribution in [3.63, 3.8) is 0 Å². The van der Waals surface area contributed by atoms with E-state index in [4.69, 9.17) is 21.1 Å². The van der Waals surface area contributed by atoms with Crippen LogP contribution < -0.4 is 4.74 Å². The summed E-state index contributed by atoms with van der Waals surface area (Å²) in [6.07, 6.45) is 0. The Kier molecular flexibility index (Phi) is 4.23. The standard InChI is InChI=1S/C13H11ClO3S/c1-16-10-4-2-9(3-5-10)8-17-13(15)11-6-7-12(14)18-11/h2-7H,8H2,1H3. The van der Waals surface area contributed by atoms with Crippen LogP contribution in [0.5, 0.6) is 5.75 Å². The molecule has 0 spiro atoms. The fourth-order valence-electron chi connectivity index (χ4n) is 1.37. The molecule has 0 unspecified atom stereocenters. The molecular weight excluding hydrogens is 272 g/mol. The third-order valence-corrected chi connectivity index (χ3v) is 3.51. The summed E-state index contributed by atoms with van der Waals surface area (Å²) in [6.45, 7) is 0.234. The van der Waals surface area contributed by atoms with Gasteiger partial charge in [-0.25, -0.2) is 4.79 Å². The summed E-state index contributed by atoms with van der Waals surface area (Å²) in [6, 6.07) is 10.7. The fourth-order valence-corrected chi connectivity index (χ4v) is 2.30. The summed E-state index contributed by atoms with van der Waals surface area (Å²) in [5, 5.41) is 0. The molecule has 0 aliphatic heterocycles. The second kappa shape index (κ2) is 5.89. The third-order valence-electron chi connectivity index (χ3n) is 2.30. The molecule has 0 saturated carbocycles. The maximum Gasteiger partial charge on any atom is 0.348 e. The maximum absolute atomic E-state index is 11.7. The predicted molar refractivity (Wildman–Crippen MR) is 71.4 cm³/mol. The quantitative estimate of drug-likeness (QED) is 0.801. The summed E-state index contributed by atoms with van der Waals surface area (Å²) >= 11 is 6.96. The molecule has 1 aromatic heterocycles. The molecule has 2 aromatic rings. The molecule has 5 heteroatoms. The molecule has 3 nitrogen and oxygen atoms in total. The van der Waals surface area contributed by atoms with Crippen molar-refractivity contribution in [2.45, 2.75) is 6.61 Å². The van der Waals surface area contributed by atoms with Crippen LogP contribution in [0.2, 0.25) is 4.34 Å². The molecule has 1 heterocycles. The number of thiophene rings is 1. The lowest BCUT2D eigenvalue weighted by Crippen LogP contribution is -2.02. The van der Waals surface area contributed by atoms with Crippen molar-refractivity contribution in [2.24, 2.45) is 0 Å².